The second-order valence-corrected chi connectivity index (χ2v) is 24.7. The van der Waals surface area contributed by atoms with E-state index >= 15 is 0 Å². The minimum absolute atomic E-state index is 0.00308. The summed E-state index contributed by atoms with van der Waals surface area (Å²) >= 11 is 0. The van der Waals surface area contributed by atoms with E-state index in [0.717, 1.165) is 72.8 Å². The second kappa shape index (κ2) is 17.2. The van der Waals surface area contributed by atoms with Crippen molar-refractivity contribution in [1.82, 2.24) is 0 Å². The van der Waals surface area contributed by atoms with E-state index in [0.29, 0.717) is 53.8 Å². The molecule has 3 aromatic rings. The molecule has 63 heavy (non-hydrogen) atoms. The molecule has 5 heterocycles. The van der Waals surface area contributed by atoms with Crippen LogP contribution in [0.4, 0.5) is 0 Å². The molecule has 5 aliphatic heterocycles. The zero-order chi connectivity index (χ0) is 43.8. The van der Waals surface area contributed by atoms with Crippen molar-refractivity contribution in [3.8, 4) is 51.4 Å². The normalized spacial score (nSPS) is 31.2. The van der Waals surface area contributed by atoms with Gasteiger partial charge in [-0.05, 0) is 116 Å². The maximum Gasteiger partial charge on any atom is 0.207 e. The van der Waals surface area contributed by atoms with Crippen LogP contribution in [0.25, 0.3) is 11.1 Å². The van der Waals surface area contributed by atoms with Gasteiger partial charge in [0.25, 0.3) is 0 Å². The summed E-state index contributed by atoms with van der Waals surface area (Å²) in [4.78, 5) is 0. The van der Waals surface area contributed by atoms with Gasteiger partial charge < -0.3 is 49.6 Å². The van der Waals surface area contributed by atoms with Crippen molar-refractivity contribution in [3.05, 3.63) is 64.2 Å². The van der Waals surface area contributed by atoms with Crippen molar-refractivity contribution in [1.29, 1.82) is 0 Å². The fraction of sp³-hybridized carbons (Fsp3) is 0.592. The predicted molar refractivity (Wildman–Crippen MR) is 253 cm³/mol. The summed E-state index contributed by atoms with van der Waals surface area (Å²) in [5.41, 5.74) is 3.90. The third-order valence-electron chi connectivity index (χ3n) is 15.4. The Morgan fingerprint density at radius 2 is 1.73 bits per heavy atom. The van der Waals surface area contributed by atoms with Gasteiger partial charge in [0.2, 0.25) is 11.5 Å². The number of hydrogen-bond donors (Lipinski definition) is 6. The van der Waals surface area contributed by atoms with Gasteiger partial charge in [0.05, 0.1) is 26.9 Å². The van der Waals surface area contributed by atoms with E-state index in [1.54, 1.807) is 17.7 Å². The molecule has 0 radical (unpaired) electrons. The van der Waals surface area contributed by atoms with E-state index in [-0.39, 0.29) is 70.0 Å². The average molecular weight is 937 g/mol. The number of methoxy groups -OCH3 is 1. The van der Waals surface area contributed by atoms with E-state index in [9.17, 15) is 30.6 Å². The lowest BCUT2D eigenvalue weighted by atomic mass is 9.56. The minimum Gasteiger partial charge on any atom is -0.508 e. The first-order valence-corrected chi connectivity index (χ1v) is 27.4. The van der Waals surface area contributed by atoms with Crippen molar-refractivity contribution in [2.24, 2.45) is 11.8 Å². The van der Waals surface area contributed by atoms with Crippen LogP contribution in [0.1, 0.15) is 119 Å². The summed E-state index contributed by atoms with van der Waals surface area (Å²) in [7, 11) is 9.11. The first-order chi connectivity index (χ1) is 30.5. The molecular weight excluding hydrogens is 877 g/mol. The van der Waals surface area contributed by atoms with Crippen LogP contribution in [-0.2, 0) is 11.0 Å². The van der Waals surface area contributed by atoms with Crippen LogP contribution in [0, 0.1) is 11.8 Å². The van der Waals surface area contributed by atoms with E-state index in [1.807, 2.05) is 61.4 Å². The lowest BCUT2D eigenvalue weighted by Crippen LogP contribution is -2.57. The van der Waals surface area contributed by atoms with Crippen LogP contribution in [0.15, 0.2) is 42.0 Å². The average Bonchev–Trinajstić information content (AvgIpc) is 3.75. The zero-order valence-electron chi connectivity index (χ0n) is 36.3. The van der Waals surface area contributed by atoms with Gasteiger partial charge in [-0.15, -0.1) is 0 Å². The number of phenols is 3. The molecule has 10 nitrogen and oxygen atoms in total. The minimum atomic E-state index is -1.50. The first-order valence-electron chi connectivity index (χ1n) is 22.8. The maximum absolute atomic E-state index is 13.4. The fourth-order valence-corrected chi connectivity index (χ4v) is 20.1. The molecule has 9 aliphatic rings. The molecule has 340 valence electrons. The number of phenolic OH excluding ortho intramolecular Hbond substituents is 3. The Hall–Kier alpha value is -2.72. The van der Waals surface area contributed by atoms with Gasteiger partial charge in [0.15, 0.2) is 17.1 Å². The summed E-state index contributed by atoms with van der Waals surface area (Å²) in [6.45, 7) is 4.13. The van der Waals surface area contributed by atoms with Crippen molar-refractivity contribution < 1.29 is 49.6 Å². The monoisotopic (exact) mass is 936 g/mol. The van der Waals surface area contributed by atoms with Crippen molar-refractivity contribution >= 4 is 43.2 Å². The van der Waals surface area contributed by atoms with Crippen LogP contribution < -0.4 is 18.9 Å². The molecule has 3 aromatic carbocycles. The number of allylic oxidation sites excluding steroid dienone is 1. The fourth-order valence-electron chi connectivity index (χ4n) is 12.3. The Morgan fingerprint density at radius 3 is 2.49 bits per heavy atom. The number of aromatic hydroxyl groups is 3. The summed E-state index contributed by atoms with van der Waals surface area (Å²) in [6.07, 6.45) is 11.6. The van der Waals surface area contributed by atoms with Gasteiger partial charge in [0.1, 0.15) is 30.0 Å². The van der Waals surface area contributed by atoms with Gasteiger partial charge in [-0.2, -0.15) is 0 Å². The van der Waals surface area contributed by atoms with Gasteiger partial charge in [0, 0.05) is 55.1 Å². The number of hydrogen-bond acceptors (Lipinski definition) is 14. The SMILES string of the molecule is COc1c(O)c(OCCC(C)C)cc(C23CCC4SSC5CC6CC=C5C5(CCCC5)SSCC5(CO)c7c(c(OCCO)cc(c7C4C2O)O3)-c2ccc(O)cc2C5CC6)c1O. The van der Waals surface area contributed by atoms with E-state index < -0.39 is 23.0 Å². The van der Waals surface area contributed by atoms with E-state index in [2.05, 4.69) is 19.9 Å². The topological polar surface area (TPSA) is 158 Å². The molecule has 3 fully saturated rings. The van der Waals surface area contributed by atoms with E-state index in [1.165, 1.54) is 20.0 Å². The van der Waals surface area contributed by atoms with E-state index in [4.69, 9.17) is 18.9 Å². The summed E-state index contributed by atoms with van der Waals surface area (Å²) in [6, 6.07) is 9.06. The number of aliphatic hydroxyl groups excluding tert-OH is 3. The highest BCUT2D eigenvalue weighted by Crippen LogP contribution is 2.69. The van der Waals surface area contributed by atoms with Gasteiger partial charge in [-0.3, -0.25) is 0 Å². The molecule has 0 amide bonds. The summed E-state index contributed by atoms with van der Waals surface area (Å²) in [5.74, 6) is 1.17. The highest BCUT2D eigenvalue weighted by Gasteiger charge is 2.62. The third kappa shape index (κ3) is 7.03. The molecule has 6 N–H and O–H groups in total. The third-order valence-corrected chi connectivity index (χ3v) is 22.1. The number of fused-ring (bicyclic) bond motifs is 5. The second-order valence-electron chi connectivity index (χ2n) is 19.3. The van der Waals surface area contributed by atoms with Gasteiger partial charge >= 0.3 is 0 Å². The number of benzene rings is 3. The molecule has 8 atom stereocenters. The standard InChI is InChI=1S/C49H60O10S4/c1-26(2)13-18-57-36-22-33(43(53)45(56-3)44(36)54)49-16-12-37-41(46(49)55)40-35(59-49)23-34(58-19-17-50)39-29-9-8-28(52)21-30(29)31-10-6-27-7-11-32(38(20-27)62-61-37)48(14-4-5-15-48)63-60-25-47(31,24-51)42(39)40/h8-9,11,21-23,26-27,31,37-38,41,46,50-55H,4-7,10,12-20,24-25H2,1-3H3. The lowest BCUT2D eigenvalue weighted by molar-refractivity contribution is -0.112. The quantitative estimate of drug-likeness (QED) is 0.0843. The van der Waals surface area contributed by atoms with Crippen LogP contribution in [0.5, 0.6) is 40.2 Å². The Morgan fingerprint density at radius 1 is 0.921 bits per heavy atom. The first kappa shape index (κ1) is 44.1. The van der Waals surface area contributed by atoms with Crippen molar-refractivity contribution in [2.45, 2.75) is 129 Å². The lowest BCUT2D eigenvalue weighted by Gasteiger charge is -2.55. The van der Waals surface area contributed by atoms with Crippen LogP contribution >= 0.6 is 43.2 Å². The van der Waals surface area contributed by atoms with Gasteiger partial charge in [-0.1, -0.05) is 82.0 Å². The molecular formula is C49H60O10S4. The molecule has 1 spiro atoms. The van der Waals surface area contributed by atoms with Crippen LogP contribution in [0.2, 0.25) is 0 Å². The number of aliphatic hydroxyl groups is 3. The molecule has 12 rings (SSSR count). The molecule has 2 saturated carbocycles. The highest BCUT2D eigenvalue weighted by atomic mass is 33.1. The molecule has 8 unspecified atom stereocenters. The molecule has 1 saturated heterocycles. The molecule has 0 aromatic heterocycles. The Kier molecular flexibility index (Phi) is 12.0. The smallest absolute Gasteiger partial charge is 0.207 e. The number of ether oxygens (including phenoxy) is 4. The number of rotatable bonds is 10. The van der Waals surface area contributed by atoms with Crippen molar-refractivity contribution in [2.75, 3.05) is 39.3 Å². The summed E-state index contributed by atoms with van der Waals surface area (Å²) < 4.78 is 25.7. The predicted octanol–water partition coefficient (Wildman–Crippen LogP) is 10.1. The van der Waals surface area contributed by atoms with Crippen LogP contribution in [0.3, 0.4) is 0 Å². The van der Waals surface area contributed by atoms with Crippen molar-refractivity contribution in [3.63, 3.8) is 0 Å². The Bertz CT molecular complexity index is 2280. The Labute approximate surface area is 386 Å². The zero-order valence-corrected chi connectivity index (χ0v) is 39.5. The molecule has 8 bridgehead atoms. The molecule has 14 heteroatoms. The Balaban J connectivity index is 1.26. The van der Waals surface area contributed by atoms with Gasteiger partial charge in [-0.25, -0.2) is 0 Å². The molecule has 4 aliphatic carbocycles. The summed E-state index contributed by atoms with van der Waals surface area (Å²) in [5, 5.41) is 71.0. The largest absolute Gasteiger partial charge is 0.508 e. The van der Waals surface area contributed by atoms with Crippen LogP contribution in [-0.4, -0.2) is 91.3 Å². The maximum atomic E-state index is 13.4. The highest BCUT2D eigenvalue weighted by molar-refractivity contribution is 8.77.